The lowest BCUT2D eigenvalue weighted by molar-refractivity contribution is 0.0938. The van der Waals surface area contributed by atoms with Crippen LogP contribution in [0.2, 0.25) is 0 Å². The van der Waals surface area contributed by atoms with E-state index in [1.807, 2.05) is 12.1 Å². The van der Waals surface area contributed by atoms with Gasteiger partial charge in [-0.2, -0.15) is 0 Å². The third-order valence-electron chi connectivity index (χ3n) is 3.16. The number of nitrogens with one attached hydrogen (secondary N) is 2. The molecule has 0 unspecified atom stereocenters. The predicted octanol–water partition coefficient (Wildman–Crippen LogP) is 2.11. The van der Waals surface area contributed by atoms with E-state index >= 15 is 0 Å². The van der Waals surface area contributed by atoms with Crippen LogP contribution in [-0.2, 0) is 13.0 Å². The van der Waals surface area contributed by atoms with Gasteiger partial charge in [0, 0.05) is 18.7 Å². The van der Waals surface area contributed by atoms with Crippen molar-refractivity contribution in [2.75, 3.05) is 13.1 Å². The van der Waals surface area contributed by atoms with Crippen molar-refractivity contribution in [3.63, 3.8) is 0 Å². The van der Waals surface area contributed by atoms with Gasteiger partial charge in [0.1, 0.15) is 0 Å². The maximum atomic E-state index is 12.2. The van der Waals surface area contributed by atoms with E-state index in [-0.39, 0.29) is 11.3 Å². The molecule has 2 rings (SSSR count). The summed E-state index contributed by atoms with van der Waals surface area (Å²) in [6.45, 7) is 8.90. The molecule has 0 atom stereocenters. The van der Waals surface area contributed by atoms with Gasteiger partial charge in [0.15, 0.2) is 0 Å². The van der Waals surface area contributed by atoms with Gasteiger partial charge in [0.25, 0.3) is 5.91 Å². The molecule has 1 aliphatic rings. The van der Waals surface area contributed by atoms with Gasteiger partial charge in [-0.25, -0.2) is 0 Å². The molecule has 0 aromatic heterocycles. The number of hydrogen-bond donors (Lipinski definition) is 2. The quantitative estimate of drug-likeness (QED) is 0.839. The first-order chi connectivity index (χ1) is 8.47. The van der Waals surface area contributed by atoms with Crippen molar-refractivity contribution >= 4 is 5.91 Å². The van der Waals surface area contributed by atoms with Crippen LogP contribution < -0.4 is 10.6 Å². The van der Waals surface area contributed by atoms with Gasteiger partial charge in [-0.05, 0) is 35.6 Å². The highest BCUT2D eigenvalue weighted by Crippen LogP contribution is 2.19. The molecule has 1 aliphatic heterocycles. The highest BCUT2D eigenvalue weighted by atomic mass is 16.1. The number of benzene rings is 1. The topological polar surface area (TPSA) is 41.1 Å². The average molecular weight is 246 g/mol. The van der Waals surface area contributed by atoms with E-state index < -0.39 is 0 Å². The van der Waals surface area contributed by atoms with Gasteiger partial charge in [-0.15, -0.1) is 0 Å². The third-order valence-corrected chi connectivity index (χ3v) is 3.16. The smallest absolute Gasteiger partial charge is 0.251 e. The lowest BCUT2D eigenvalue weighted by Gasteiger charge is -2.22. The van der Waals surface area contributed by atoms with Crippen LogP contribution in [0.25, 0.3) is 0 Å². The Bertz CT molecular complexity index is 446. The summed E-state index contributed by atoms with van der Waals surface area (Å²) in [5, 5.41) is 6.36. The molecule has 0 saturated heterocycles. The van der Waals surface area contributed by atoms with Crippen LogP contribution in [-0.4, -0.2) is 19.0 Å². The molecule has 0 radical (unpaired) electrons. The van der Waals surface area contributed by atoms with Gasteiger partial charge >= 0.3 is 0 Å². The molecule has 1 heterocycles. The molecule has 1 amide bonds. The Morgan fingerprint density at radius 3 is 2.89 bits per heavy atom. The first-order valence-corrected chi connectivity index (χ1v) is 6.57. The molecule has 2 N–H and O–H groups in total. The van der Waals surface area contributed by atoms with E-state index in [4.69, 9.17) is 0 Å². The Balaban J connectivity index is 2.15. The number of fused-ring (bicyclic) bond motifs is 1. The molecule has 3 nitrogen and oxygen atoms in total. The predicted molar refractivity (Wildman–Crippen MR) is 73.6 cm³/mol. The van der Waals surface area contributed by atoms with Crippen molar-refractivity contribution in [1.29, 1.82) is 0 Å². The Morgan fingerprint density at radius 2 is 2.17 bits per heavy atom. The van der Waals surface area contributed by atoms with Crippen molar-refractivity contribution in [3.05, 3.63) is 34.9 Å². The lowest BCUT2D eigenvalue weighted by Crippen LogP contribution is -2.34. The summed E-state index contributed by atoms with van der Waals surface area (Å²) < 4.78 is 0. The summed E-state index contributed by atoms with van der Waals surface area (Å²) >= 11 is 0. The number of carbonyl (C=O) groups is 1. The van der Waals surface area contributed by atoms with Crippen LogP contribution in [0.4, 0.5) is 0 Å². The molecule has 0 aliphatic carbocycles. The largest absolute Gasteiger partial charge is 0.352 e. The Labute approximate surface area is 109 Å². The molecule has 0 fully saturated rings. The van der Waals surface area contributed by atoms with Crippen LogP contribution in [0.1, 0.15) is 42.3 Å². The van der Waals surface area contributed by atoms with Crippen LogP contribution in [0, 0.1) is 5.41 Å². The summed E-state index contributed by atoms with van der Waals surface area (Å²) in [4.78, 5) is 12.2. The number of carbonyl (C=O) groups excluding carboxylic acids is 1. The van der Waals surface area contributed by atoms with E-state index in [9.17, 15) is 4.79 Å². The SMILES string of the molecule is CC(C)(C)CNC(=O)c1cccc2c1CCNC2. The summed E-state index contributed by atoms with van der Waals surface area (Å²) in [5.74, 6) is 0.0590. The molecule has 1 aromatic rings. The first-order valence-electron chi connectivity index (χ1n) is 6.57. The van der Waals surface area contributed by atoms with Crippen molar-refractivity contribution in [1.82, 2.24) is 10.6 Å². The van der Waals surface area contributed by atoms with Gasteiger partial charge in [-0.1, -0.05) is 32.9 Å². The van der Waals surface area contributed by atoms with E-state index in [0.29, 0.717) is 6.54 Å². The highest BCUT2D eigenvalue weighted by Gasteiger charge is 2.18. The minimum absolute atomic E-state index is 0.0590. The number of rotatable bonds is 2. The molecule has 3 heteroatoms. The van der Waals surface area contributed by atoms with Gasteiger partial charge in [0.05, 0.1) is 0 Å². The molecule has 0 bridgehead atoms. The molecule has 98 valence electrons. The van der Waals surface area contributed by atoms with Gasteiger partial charge in [0.2, 0.25) is 0 Å². The standard InChI is InChI=1S/C15H22N2O/c1-15(2,3)10-17-14(18)13-6-4-5-11-9-16-8-7-12(11)13/h4-6,16H,7-10H2,1-3H3,(H,17,18). The second kappa shape index (κ2) is 5.11. The Morgan fingerprint density at radius 1 is 1.39 bits per heavy atom. The van der Waals surface area contributed by atoms with Crippen molar-refractivity contribution in [2.45, 2.75) is 33.7 Å². The summed E-state index contributed by atoms with van der Waals surface area (Å²) in [7, 11) is 0. The summed E-state index contributed by atoms with van der Waals surface area (Å²) in [6.07, 6.45) is 0.939. The number of hydrogen-bond acceptors (Lipinski definition) is 2. The Kier molecular flexibility index (Phi) is 3.71. The van der Waals surface area contributed by atoms with E-state index in [1.54, 1.807) is 0 Å². The minimum Gasteiger partial charge on any atom is -0.352 e. The molecular weight excluding hydrogens is 224 g/mol. The number of amides is 1. The van der Waals surface area contributed by atoms with E-state index in [2.05, 4.69) is 37.5 Å². The molecule has 1 aromatic carbocycles. The fraction of sp³-hybridized carbons (Fsp3) is 0.533. The highest BCUT2D eigenvalue weighted by molar-refractivity contribution is 5.96. The second-order valence-electron chi connectivity index (χ2n) is 6.11. The maximum absolute atomic E-state index is 12.2. The van der Waals surface area contributed by atoms with E-state index in [1.165, 1.54) is 11.1 Å². The lowest BCUT2D eigenvalue weighted by atomic mass is 9.94. The summed E-state index contributed by atoms with van der Waals surface area (Å²) in [5.41, 5.74) is 3.43. The van der Waals surface area contributed by atoms with Gasteiger partial charge < -0.3 is 10.6 Å². The molecule has 18 heavy (non-hydrogen) atoms. The van der Waals surface area contributed by atoms with Crippen LogP contribution in [0.15, 0.2) is 18.2 Å². The molecular formula is C15H22N2O. The maximum Gasteiger partial charge on any atom is 0.251 e. The monoisotopic (exact) mass is 246 g/mol. The van der Waals surface area contributed by atoms with Crippen LogP contribution in [0.3, 0.4) is 0 Å². The fourth-order valence-electron chi connectivity index (χ4n) is 2.19. The molecule has 0 spiro atoms. The zero-order valence-corrected chi connectivity index (χ0v) is 11.5. The fourth-order valence-corrected chi connectivity index (χ4v) is 2.19. The second-order valence-corrected chi connectivity index (χ2v) is 6.11. The van der Waals surface area contributed by atoms with E-state index in [0.717, 1.165) is 25.1 Å². The summed E-state index contributed by atoms with van der Waals surface area (Å²) in [6, 6.07) is 6.00. The van der Waals surface area contributed by atoms with Crippen molar-refractivity contribution < 1.29 is 4.79 Å². The third kappa shape index (κ3) is 3.10. The minimum atomic E-state index is 0.0590. The Hall–Kier alpha value is -1.35. The zero-order chi connectivity index (χ0) is 13.2. The van der Waals surface area contributed by atoms with Gasteiger partial charge in [-0.3, -0.25) is 4.79 Å². The average Bonchev–Trinajstić information content (AvgIpc) is 2.34. The molecule has 0 saturated carbocycles. The van der Waals surface area contributed by atoms with Crippen molar-refractivity contribution in [3.8, 4) is 0 Å². The first kappa shape index (κ1) is 13.1. The zero-order valence-electron chi connectivity index (χ0n) is 11.5. The van der Waals surface area contributed by atoms with Crippen LogP contribution in [0.5, 0.6) is 0 Å². The van der Waals surface area contributed by atoms with Crippen molar-refractivity contribution in [2.24, 2.45) is 5.41 Å². The van der Waals surface area contributed by atoms with Crippen LogP contribution >= 0.6 is 0 Å². The normalized spacial score (nSPS) is 15.1.